The highest BCUT2D eigenvalue weighted by Gasteiger charge is 2.21. The van der Waals surface area contributed by atoms with Gasteiger partial charge in [-0.05, 0) is 49.2 Å². The predicted molar refractivity (Wildman–Crippen MR) is 106 cm³/mol. The summed E-state index contributed by atoms with van der Waals surface area (Å²) in [5.74, 6) is 7.40. The monoisotopic (exact) mass is 373 g/mol. The molecule has 24 heavy (non-hydrogen) atoms. The van der Waals surface area contributed by atoms with Gasteiger partial charge in [0.25, 0.3) is 0 Å². The van der Waals surface area contributed by atoms with Crippen LogP contribution in [-0.4, -0.2) is 10.4 Å². The van der Waals surface area contributed by atoms with E-state index in [1.165, 1.54) is 38.8 Å². The Kier molecular flexibility index (Phi) is 4.59. The average molecular weight is 374 g/mol. The fraction of sp³-hybridized carbons (Fsp3) is 0.389. The molecule has 6 heteroatoms. The van der Waals surface area contributed by atoms with Crippen molar-refractivity contribution in [2.45, 2.75) is 38.8 Å². The molecule has 1 saturated carbocycles. The third-order valence-electron chi connectivity index (χ3n) is 3.88. The molecule has 1 aliphatic rings. The molecule has 3 N–H and O–H groups in total. The molecule has 0 aromatic carbocycles. The number of rotatable bonds is 5. The van der Waals surface area contributed by atoms with Crippen LogP contribution < -0.4 is 11.1 Å². The molecule has 1 aliphatic carbocycles. The Hall–Kier alpha value is -1.39. The van der Waals surface area contributed by atoms with Crippen molar-refractivity contribution in [1.29, 1.82) is 0 Å². The van der Waals surface area contributed by atoms with E-state index in [1.54, 1.807) is 22.7 Å². The zero-order valence-corrected chi connectivity index (χ0v) is 15.9. The summed E-state index contributed by atoms with van der Waals surface area (Å²) < 4.78 is 5.92. The summed E-state index contributed by atoms with van der Waals surface area (Å²) in [7, 11) is 0. The highest BCUT2D eigenvalue weighted by atomic mass is 32.1. The maximum Gasteiger partial charge on any atom is 0.127 e. The number of nitrogens with zero attached hydrogens (tertiary/aromatic N) is 1. The van der Waals surface area contributed by atoms with Crippen molar-refractivity contribution >= 4 is 49.4 Å². The summed E-state index contributed by atoms with van der Waals surface area (Å²) in [6.45, 7) is 2.90. The van der Waals surface area contributed by atoms with Crippen LogP contribution in [0.5, 0.6) is 0 Å². The topological polar surface area (TPSA) is 50.9 Å². The summed E-state index contributed by atoms with van der Waals surface area (Å²) >= 11 is 5.11. The van der Waals surface area contributed by atoms with Gasteiger partial charge in [0.15, 0.2) is 0 Å². The molecule has 3 aromatic rings. The van der Waals surface area contributed by atoms with Gasteiger partial charge in [-0.2, -0.15) is 4.37 Å². The van der Waals surface area contributed by atoms with Crippen LogP contribution in [-0.2, 0) is 13.0 Å². The molecular weight excluding hydrogens is 354 g/mol. The van der Waals surface area contributed by atoms with Gasteiger partial charge >= 0.3 is 0 Å². The van der Waals surface area contributed by atoms with Crippen molar-refractivity contribution in [1.82, 2.24) is 4.37 Å². The number of thiophene rings is 2. The standard InChI is InChI=1S/C18H19N3S3/c1-11(19)9-15-14(7-6-12-4-5-12)16-17(23-15)18(24-21-16)20-10-13-3-2-8-22-13/h2-3,8,11-12,20H,4-5,9-10,19H2,1H3/t11-/m0/s1. The van der Waals surface area contributed by atoms with E-state index in [0.29, 0.717) is 5.92 Å². The smallest absolute Gasteiger partial charge is 0.127 e. The molecule has 124 valence electrons. The largest absolute Gasteiger partial charge is 0.370 e. The first-order valence-corrected chi connectivity index (χ1v) is 10.6. The molecule has 3 heterocycles. The molecule has 0 radical (unpaired) electrons. The molecule has 1 atom stereocenters. The van der Waals surface area contributed by atoms with Gasteiger partial charge in [0, 0.05) is 21.7 Å². The third-order valence-corrected chi connectivity index (χ3v) is 6.91. The van der Waals surface area contributed by atoms with Crippen LogP contribution in [0.15, 0.2) is 17.5 Å². The van der Waals surface area contributed by atoms with Gasteiger partial charge in [-0.15, -0.1) is 22.7 Å². The molecule has 0 unspecified atom stereocenters. The van der Waals surface area contributed by atoms with E-state index in [2.05, 4.69) is 41.6 Å². The zero-order chi connectivity index (χ0) is 16.5. The van der Waals surface area contributed by atoms with Gasteiger partial charge < -0.3 is 11.1 Å². The van der Waals surface area contributed by atoms with Gasteiger partial charge in [-0.1, -0.05) is 17.9 Å². The Balaban J connectivity index is 1.65. The van der Waals surface area contributed by atoms with Crippen LogP contribution in [0.2, 0.25) is 0 Å². The van der Waals surface area contributed by atoms with Gasteiger partial charge in [0.1, 0.15) is 10.5 Å². The number of anilines is 1. The molecule has 0 amide bonds. The van der Waals surface area contributed by atoms with E-state index in [0.717, 1.165) is 29.0 Å². The Morgan fingerprint density at radius 3 is 3.04 bits per heavy atom. The lowest BCUT2D eigenvalue weighted by molar-refractivity contribution is 0.746. The lowest BCUT2D eigenvalue weighted by atomic mass is 10.1. The van der Waals surface area contributed by atoms with Gasteiger partial charge in [-0.25, -0.2) is 0 Å². The summed E-state index contributed by atoms with van der Waals surface area (Å²) in [6, 6.07) is 4.38. The minimum Gasteiger partial charge on any atom is -0.370 e. The van der Waals surface area contributed by atoms with E-state index in [4.69, 9.17) is 10.1 Å². The first kappa shape index (κ1) is 16.1. The number of nitrogens with one attached hydrogen (secondary N) is 1. The first-order chi connectivity index (χ1) is 11.7. The van der Waals surface area contributed by atoms with E-state index in [9.17, 15) is 0 Å². The maximum atomic E-state index is 6.04. The summed E-state index contributed by atoms with van der Waals surface area (Å²) in [4.78, 5) is 2.61. The molecule has 4 rings (SSSR count). The second kappa shape index (κ2) is 6.85. The molecule has 3 aromatic heterocycles. The molecule has 0 aliphatic heterocycles. The Morgan fingerprint density at radius 1 is 1.46 bits per heavy atom. The summed E-state index contributed by atoms with van der Waals surface area (Å²) in [5, 5.41) is 6.79. The van der Waals surface area contributed by atoms with Crippen molar-refractivity contribution in [3.63, 3.8) is 0 Å². The van der Waals surface area contributed by atoms with Crippen LogP contribution in [0.1, 0.15) is 35.1 Å². The molecule has 3 nitrogen and oxygen atoms in total. The van der Waals surface area contributed by atoms with E-state index < -0.39 is 0 Å². The van der Waals surface area contributed by atoms with Gasteiger partial charge in [0.05, 0.1) is 16.8 Å². The van der Waals surface area contributed by atoms with Crippen molar-refractivity contribution in [3.05, 3.63) is 32.8 Å². The lowest BCUT2D eigenvalue weighted by Crippen LogP contribution is -2.17. The number of fused-ring (bicyclic) bond motifs is 1. The molecule has 0 saturated heterocycles. The quantitative estimate of drug-likeness (QED) is 0.638. The highest BCUT2D eigenvalue weighted by molar-refractivity contribution is 7.24. The SMILES string of the molecule is C[C@H](N)Cc1sc2c(NCc3cccs3)snc2c1C#CC1CC1. The van der Waals surface area contributed by atoms with Crippen molar-refractivity contribution in [2.75, 3.05) is 5.32 Å². The predicted octanol–water partition coefficient (Wildman–Crippen LogP) is 4.68. The number of aromatic nitrogens is 1. The van der Waals surface area contributed by atoms with E-state index in [-0.39, 0.29) is 6.04 Å². The maximum absolute atomic E-state index is 6.04. The second-order valence-electron chi connectivity index (χ2n) is 6.25. The van der Waals surface area contributed by atoms with Crippen LogP contribution >= 0.6 is 34.2 Å². The minimum absolute atomic E-state index is 0.139. The lowest BCUT2D eigenvalue weighted by Gasteiger charge is -2.03. The van der Waals surface area contributed by atoms with Crippen molar-refractivity contribution in [2.24, 2.45) is 11.7 Å². The van der Waals surface area contributed by atoms with E-state index >= 15 is 0 Å². The number of hydrogen-bond acceptors (Lipinski definition) is 6. The fourth-order valence-corrected chi connectivity index (χ4v) is 5.37. The Bertz CT molecular complexity index is 889. The van der Waals surface area contributed by atoms with Crippen LogP contribution in [0.25, 0.3) is 10.2 Å². The van der Waals surface area contributed by atoms with Crippen LogP contribution in [0.3, 0.4) is 0 Å². The fourth-order valence-electron chi connectivity index (χ4n) is 2.50. The average Bonchev–Trinajstić information content (AvgIpc) is 2.95. The first-order valence-electron chi connectivity index (χ1n) is 8.15. The van der Waals surface area contributed by atoms with Gasteiger partial charge in [-0.3, -0.25) is 0 Å². The minimum atomic E-state index is 0.139. The zero-order valence-electron chi connectivity index (χ0n) is 13.5. The van der Waals surface area contributed by atoms with Crippen molar-refractivity contribution < 1.29 is 0 Å². The number of hydrogen-bond donors (Lipinski definition) is 2. The molecule has 0 bridgehead atoms. The summed E-state index contributed by atoms with van der Waals surface area (Å²) in [6.07, 6.45) is 3.35. The Morgan fingerprint density at radius 2 is 2.33 bits per heavy atom. The second-order valence-corrected chi connectivity index (χ2v) is 9.16. The normalized spacial score (nSPS) is 15.2. The van der Waals surface area contributed by atoms with Crippen LogP contribution in [0, 0.1) is 17.8 Å². The molecule has 0 spiro atoms. The van der Waals surface area contributed by atoms with Gasteiger partial charge in [0.2, 0.25) is 0 Å². The van der Waals surface area contributed by atoms with Crippen molar-refractivity contribution in [3.8, 4) is 11.8 Å². The van der Waals surface area contributed by atoms with E-state index in [1.807, 2.05) is 0 Å². The molecule has 1 fully saturated rings. The molecular formula is C18H19N3S3. The summed E-state index contributed by atoms with van der Waals surface area (Å²) in [5.41, 5.74) is 8.21. The highest BCUT2D eigenvalue weighted by Crippen LogP contribution is 2.39. The third kappa shape index (κ3) is 3.50. The number of nitrogens with two attached hydrogens (primary N) is 1. The van der Waals surface area contributed by atoms with Crippen LogP contribution in [0.4, 0.5) is 5.00 Å². The Labute approximate surface area is 154 Å².